The second-order valence-corrected chi connectivity index (χ2v) is 8.46. The molecule has 0 heterocycles. The number of rotatable bonds is 5. The zero-order valence-electron chi connectivity index (χ0n) is 11.5. The number of hydrogen-bond donors (Lipinski definition) is 0. The van der Waals surface area contributed by atoms with Crippen molar-refractivity contribution in [3.63, 3.8) is 0 Å². The summed E-state index contributed by atoms with van der Waals surface area (Å²) in [5, 5.41) is 0. The van der Waals surface area contributed by atoms with Gasteiger partial charge in [0.1, 0.15) is 0 Å². The molecular weight excluding hydrogens is 315 g/mol. The number of esters is 1. The average Bonchev–Trinajstić information content (AvgIpc) is 2.35. The van der Waals surface area contributed by atoms with Crippen LogP contribution in [0.1, 0.15) is 17.3 Å². The SMILES string of the molecule is CCO[Si](C)(C)C(F)(F)OC(=O)c1ccc(F)c(F)c1F. The first kappa shape index (κ1) is 17.6. The van der Waals surface area contributed by atoms with Crippen molar-refractivity contribution in [1.29, 1.82) is 0 Å². The first-order valence-corrected chi connectivity index (χ1v) is 8.83. The number of ether oxygens (including phenoxy) is 1. The summed E-state index contributed by atoms with van der Waals surface area (Å²) >= 11 is 0. The molecule has 0 bridgehead atoms. The summed E-state index contributed by atoms with van der Waals surface area (Å²) in [7, 11) is -3.74. The smallest absolute Gasteiger partial charge is 0.397 e. The number of alkyl halides is 2. The van der Waals surface area contributed by atoms with Gasteiger partial charge >= 0.3 is 20.0 Å². The Hall–Kier alpha value is -1.48. The summed E-state index contributed by atoms with van der Waals surface area (Å²) in [4.78, 5) is 11.5. The van der Waals surface area contributed by atoms with Crippen LogP contribution in [0.4, 0.5) is 22.0 Å². The van der Waals surface area contributed by atoms with E-state index in [0.717, 1.165) is 13.1 Å². The van der Waals surface area contributed by atoms with Crippen LogP contribution in [0.2, 0.25) is 13.1 Å². The monoisotopic (exact) mass is 328 g/mol. The van der Waals surface area contributed by atoms with Crippen LogP contribution in [-0.2, 0) is 9.16 Å². The van der Waals surface area contributed by atoms with E-state index >= 15 is 0 Å². The first-order chi connectivity index (χ1) is 9.53. The van der Waals surface area contributed by atoms with Crippen LogP contribution in [0.25, 0.3) is 0 Å². The molecule has 0 atom stereocenters. The average molecular weight is 328 g/mol. The van der Waals surface area contributed by atoms with Crippen LogP contribution < -0.4 is 0 Å². The second kappa shape index (κ2) is 6.10. The predicted molar refractivity (Wildman–Crippen MR) is 65.8 cm³/mol. The highest BCUT2D eigenvalue weighted by molar-refractivity contribution is 6.73. The Bertz CT molecular complexity index is 548. The molecule has 3 nitrogen and oxygen atoms in total. The van der Waals surface area contributed by atoms with Gasteiger partial charge in [0.15, 0.2) is 17.5 Å². The molecule has 118 valence electrons. The maximum absolute atomic E-state index is 13.8. The Labute approximate surface area is 118 Å². The molecule has 0 aliphatic rings. The summed E-state index contributed by atoms with van der Waals surface area (Å²) < 4.78 is 75.6. The van der Waals surface area contributed by atoms with E-state index in [4.69, 9.17) is 4.43 Å². The van der Waals surface area contributed by atoms with Gasteiger partial charge in [-0.1, -0.05) is 0 Å². The van der Waals surface area contributed by atoms with E-state index in [1.165, 1.54) is 6.92 Å². The normalized spacial score (nSPS) is 12.4. The third-order valence-electron chi connectivity index (χ3n) is 2.68. The highest BCUT2D eigenvalue weighted by atomic mass is 28.4. The molecule has 0 aliphatic heterocycles. The van der Waals surface area contributed by atoms with E-state index in [-0.39, 0.29) is 6.61 Å². The summed E-state index contributed by atoms with van der Waals surface area (Å²) in [6.07, 6.45) is 0. The van der Waals surface area contributed by atoms with Crippen molar-refractivity contribution in [2.24, 2.45) is 0 Å². The largest absolute Gasteiger partial charge is 0.408 e. The van der Waals surface area contributed by atoms with Crippen LogP contribution in [-0.4, -0.2) is 26.6 Å². The van der Waals surface area contributed by atoms with Gasteiger partial charge in [-0.15, -0.1) is 0 Å². The molecule has 0 N–H and O–H groups in total. The number of carbonyl (C=O) groups excluding carboxylic acids is 1. The number of carbonyl (C=O) groups is 1. The fourth-order valence-electron chi connectivity index (χ4n) is 1.42. The molecule has 1 aromatic rings. The fourth-order valence-corrected chi connectivity index (χ4v) is 2.65. The zero-order valence-corrected chi connectivity index (χ0v) is 12.5. The van der Waals surface area contributed by atoms with Gasteiger partial charge < -0.3 is 9.16 Å². The molecule has 0 saturated carbocycles. The highest BCUT2D eigenvalue weighted by Gasteiger charge is 2.55. The van der Waals surface area contributed by atoms with E-state index < -0.39 is 43.0 Å². The van der Waals surface area contributed by atoms with E-state index in [1.807, 2.05) is 0 Å². The molecule has 0 fully saturated rings. The van der Waals surface area contributed by atoms with E-state index in [1.54, 1.807) is 0 Å². The van der Waals surface area contributed by atoms with Crippen LogP contribution >= 0.6 is 0 Å². The molecule has 0 unspecified atom stereocenters. The maximum Gasteiger partial charge on any atom is 0.397 e. The quantitative estimate of drug-likeness (QED) is 0.358. The van der Waals surface area contributed by atoms with Gasteiger partial charge in [-0.25, -0.2) is 18.0 Å². The maximum atomic E-state index is 13.8. The molecule has 1 aromatic carbocycles. The van der Waals surface area contributed by atoms with Gasteiger partial charge in [0, 0.05) is 6.61 Å². The third-order valence-corrected chi connectivity index (χ3v) is 5.20. The minimum Gasteiger partial charge on any atom is -0.408 e. The molecule has 0 amide bonds. The Morgan fingerprint density at radius 1 is 1.19 bits per heavy atom. The van der Waals surface area contributed by atoms with Crippen molar-refractivity contribution < 1.29 is 35.9 Å². The Morgan fingerprint density at radius 2 is 1.76 bits per heavy atom. The van der Waals surface area contributed by atoms with Gasteiger partial charge in [0.2, 0.25) is 0 Å². The summed E-state index contributed by atoms with van der Waals surface area (Å²) in [5.41, 5.74) is -5.08. The molecule has 0 saturated heterocycles. The number of halogens is 5. The van der Waals surface area contributed by atoms with Crippen molar-refractivity contribution in [2.45, 2.75) is 25.7 Å². The molecule has 21 heavy (non-hydrogen) atoms. The molecule has 0 spiro atoms. The van der Waals surface area contributed by atoms with Gasteiger partial charge in [-0.2, -0.15) is 8.78 Å². The lowest BCUT2D eigenvalue weighted by Gasteiger charge is -2.30. The minimum atomic E-state index is -3.96. The summed E-state index contributed by atoms with van der Waals surface area (Å²) in [5.74, 6) is -7.16. The Morgan fingerprint density at radius 3 is 2.29 bits per heavy atom. The summed E-state index contributed by atoms with van der Waals surface area (Å²) in [6, 6.07) is 0.972. The van der Waals surface area contributed by atoms with Crippen molar-refractivity contribution in [2.75, 3.05) is 6.61 Å². The summed E-state index contributed by atoms with van der Waals surface area (Å²) in [6.45, 7) is 3.67. The Balaban J connectivity index is 3.04. The van der Waals surface area contributed by atoms with Gasteiger partial charge in [0.05, 0.1) is 5.56 Å². The number of hydrogen-bond acceptors (Lipinski definition) is 3. The van der Waals surface area contributed by atoms with Crippen molar-refractivity contribution in [3.8, 4) is 0 Å². The zero-order chi connectivity index (χ0) is 16.4. The lowest BCUT2D eigenvalue weighted by atomic mass is 10.2. The van der Waals surface area contributed by atoms with Crippen LogP contribution in [0.3, 0.4) is 0 Å². The molecule has 0 aliphatic carbocycles. The Kier molecular flexibility index (Phi) is 5.10. The van der Waals surface area contributed by atoms with Gasteiger partial charge in [-0.05, 0) is 32.2 Å². The van der Waals surface area contributed by atoms with Crippen molar-refractivity contribution in [1.82, 2.24) is 0 Å². The van der Waals surface area contributed by atoms with Gasteiger partial charge in [0.25, 0.3) is 0 Å². The number of benzene rings is 1. The molecular formula is C12H13F5O3Si. The lowest BCUT2D eigenvalue weighted by Crippen LogP contribution is -2.53. The molecule has 1 rings (SSSR count). The van der Waals surface area contributed by atoms with Crippen LogP contribution in [0, 0.1) is 17.5 Å². The van der Waals surface area contributed by atoms with E-state index in [2.05, 4.69) is 4.74 Å². The molecule has 0 radical (unpaired) electrons. The lowest BCUT2D eigenvalue weighted by molar-refractivity contribution is -0.151. The van der Waals surface area contributed by atoms with Crippen molar-refractivity contribution in [3.05, 3.63) is 35.1 Å². The standard InChI is InChI=1S/C12H13F5O3Si/c1-4-19-21(2,3)12(16,17)20-11(18)7-5-6-8(13)10(15)9(7)14/h5-6H,4H2,1-3H3. The highest BCUT2D eigenvalue weighted by Crippen LogP contribution is 2.31. The third kappa shape index (κ3) is 3.59. The van der Waals surface area contributed by atoms with E-state index in [9.17, 15) is 26.7 Å². The molecule has 0 aromatic heterocycles. The first-order valence-electron chi connectivity index (χ1n) is 5.92. The van der Waals surface area contributed by atoms with E-state index in [0.29, 0.717) is 12.1 Å². The molecule has 9 heteroatoms. The van der Waals surface area contributed by atoms with Gasteiger partial charge in [-0.3, -0.25) is 0 Å². The topological polar surface area (TPSA) is 35.5 Å². The fraction of sp³-hybridized carbons (Fsp3) is 0.417. The second-order valence-electron chi connectivity index (χ2n) is 4.57. The van der Waals surface area contributed by atoms with Crippen LogP contribution in [0.5, 0.6) is 0 Å². The van der Waals surface area contributed by atoms with Crippen molar-refractivity contribution >= 4 is 14.3 Å². The van der Waals surface area contributed by atoms with Crippen LogP contribution in [0.15, 0.2) is 12.1 Å². The predicted octanol–water partition coefficient (Wildman–Crippen LogP) is 3.63. The minimum absolute atomic E-state index is 0.0219.